The smallest absolute Gasteiger partial charge is 0.185 e. The summed E-state index contributed by atoms with van der Waals surface area (Å²) in [5, 5.41) is 3.21. The molecule has 0 amide bonds. The molecular weight excluding hydrogens is 210 g/mol. The maximum atomic E-state index is 5.74. The number of hydrogen-bond donors (Lipinski definition) is 1. The molecule has 1 saturated heterocycles. The predicted octanol–water partition coefficient (Wildman–Crippen LogP) is 0.869. The minimum atomic E-state index is 0.185. The number of aromatic nitrogens is 1. The van der Waals surface area contributed by atoms with Crippen molar-refractivity contribution in [2.24, 2.45) is 5.73 Å². The van der Waals surface area contributed by atoms with Gasteiger partial charge >= 0.3 is 0 Å². The Morgan fingerprint density at radius 1 is 1.60 bits per heavy atom. The fourth-order valence-electron chi connectivity index (χ4n) is 1.62. The molecule has 5 heteroatoms. The molecular formula is C10H17N3OS. The van der Waals surface area contributed by atoms with E-state index < -0.39 is 0 Å². The van der Waals surface area contributed by atoms with E-state index in [0.29, 0.717) is 0 Å². The van der Waals surface area contributed by atoms with Crippen LogP contribution in [-0.4, -0.2) is 37.3 Å². The van der Waals surface area contributed by atoms with E-state index in [-0.39, 0.29) is 6.04 Å². The monoisotopic (exact) mass is 227 g/mol. The number of morpholine rings is 1. The molecule has 0 radical (unpaired) electrons. The van der Waals surface area contributed by atoms with Crippen molar-refractivity contribution in [3.63, 3.8) is 0 Å². The van der Waals surface area contributed by atoms with Crippen LogP contribution in [-0.2, 0) is 11.2 Å². The Hall–Kier alpha value is -0.650. The zero-order valence-corrected chi connectivity index (χ0v) is 9.80. The molecule has 0 aliphatic carbocycles. The highest BCUT2D eigenvalue weighted by Gasteiger charge is 2.14. The lowest BCUT2D eigenvalue weighted by molar-refractivity contribution is 0.122. The number of nitrogens with zero attached hydrogens (tertiary/aromatic N) is 2. The second-order valence-electron chi connectivity index (χ2n) is 3.90. The molecule has 0 saturated carbocycles. The summed E-state index contributed by atoms with van der Waals surface area (Å²) in [5.74, 6) is 0. The van der Waals surface area contributed by atoms with Crippen LogP contribution in [0.2, 0.25) is 0 Å². The lowest BCUT2D eigenvalue weighted by atomic mass is 10.2. The van der Waals surface area contributed by atoms with Crippen LogP contribution in [0.15, 0.2) is 5.38 Å². The molecule has 1 fully saturated rings. The minimum Gasteiger partial charge on any atom is -0.378 e. The fraction of sp³-hybridized carbons (Fsp3) is 0.700. The second-order valence-corrected chi connectivity index (χ2v) is 4.74. The van der Waals surface area contributed by atoms with Gasteiger partial charge in [-0.3, -0.25) is 0 Å². The largest absolute Gasteiger partial charge is 0.378 e. The van der Waals surface area contributed by atoms with Gasteiger partial charge in [0.25, 0.3) is 0 Å². The molecule has 84 valence electrons. The number of nitrogens with two attached hydrogens (primary N) is 1. The van der Waals surface area contributed by atoms with E-state index in [2.05, 4.69) is 15.3 Å². The zero-order valence-electron chi connectivity index (χ0n) is 8.98. The standard InChI is InChI=1S/C10H17N3OS/c1-8(11)6-9-7-15-10(12-9)13-2-4-14-5-3-13/h7-8H,2-6,11H2,1H3. The summed E-state index contributed by atoms with van der Waals surface area (Å²) in [6.07, 6.45) is 0.862. The van der Waals surface area contributed by atoms with Gasteiger partial charge in [0.2, 0.25) is 0 Å². The van der Waals surface area contributed by atoms with Gasteiger partial charge in [-0.25, -0.2) is 4.98 Å². The van der Waals surface area contributed by atoms with Gasteiger partial charge in [0, 0.05) is 30.9 Å². The van der Waals surface area contributed by atoms with Crippen LogP contribution in [0.1, 0.15) is 12.6 Å². The Kier molecular flexibility index (Phi) is 3.56. The first-order valence-electron chi connectivity index (χ1n) is 5.28. The van der Waals surface area contributed by atoms with Crippen LogP contribution >= 0.6 is 11.3 Å². The first kappa shape index (κ1) is 10.9. The molecule has 2 N–H and O–H groups in total. The summed E-state index contributed by atoms with van der Waals surface area (Å²) in [4.78, 5) is 6.86. The van der Waals surface area contributed by atoms with Gasteiger partial charge < -0.3 is 15.4 Å². The Morgan fingerprint density at radius 3 is 3.00 bits per heavy atom. The SMILES string of the molecule is CC(N)Cc1csc(N2CCOCC2)n1. The summed E-state index contributed by atoms with van der Waals surface area (Å²) < 4.78 is 5.31. The topological polar surface area (TPSA) is 51.4 Å². The maximum Gasteiger partial charge on any atom is 0.185 e. The van der Waals surface area contributed by atoms with E-state index in [4.69, 9.17) is 10.5 Å². The molecule has 15 heavy (non-hydrogen) atoms. The first-order valence-corrected chi connectivity index (χ1v) is 6.16. The van der Waals surface area contributed by atoms with Crippen LogP contribution < -0.4 is 10.6 Å². The fourth-order valence-corrected chi connectivity index (χ4v) is 2.51. The summed E-state index contributed by atoms with van der Waals surface area (Å²) >= 11 is 1.70. The van der Waals surface area contributed by atoms with E-state index >= 15 is 0 Å². The summed E-state index contributed by atoms with van der Waals surface area (Å²) in [6, 6.07) is 0.185. The number of thiazole rings is 1. The average Bonchev–Trinajstić information content (AvgIpc) is 2.67. The molecule has 0 bridgehead atoms. The zero-order chi connectivity index (χ0) is 10.7. The normalized spacial score (nSPS) is 19.2. The Bertz CT molecular complexity index is 307. The van der Waals surface area contributed by atoms with Crippen molar-refractivity contribution in [2.45, 2.75) is 19.4 Å². The number of anilines is 1. The third kappa shape index (κ3) is 2.90. The van der Waals surface area contributed by atoms with E-state index in [1.807, 2.05) is 6.92 Å². The van der Waals surface area contributed by atoms with Crippen molar-refractivity contribution < 1.29 is 4.74 Å². The van der Waals surface area contributed by atoms with Crippen LogP contribution in [0, 0.1) is 0 Å². The Labute approximate surface area is 94.1 Å². The summed E-state index contributed by atoms with van der Waals surface area (Å²) in [5.41, 5.74) is 6.85. The highest BCUT2D eigenvalue weighted by atomic mass is 32.1. The van der Waals surface area contributed by atoms with Gasteiger partial charge in [0.05, 0.1) is 18.9 Å². The van der Waals surface area contributed by atoms with Crippen LogP contribution in [0.3, 0.4) is 0 Å². The number of rotatable bonds is 3. The minimum absolute atomic E-state index is 0.185. The third-order valence-corrected chi connectivity index (χ3v) is 3.30. The molecule has 4 nitrogen and oxygen atoms in total. The highest BCUT2D eigenvalue weighted by molar-refractivity contribution is 7.13. The lowest BCUT2D eigenvalue weighted by Gasteiger charge is -2.26. The van der Waals surface area contributed by atoms with Crippen LogP contribution in [0.25, 0.3) is 0 Å². The van der Waals surface area contributed by atoms with Crippen molar-refractivity contribution in [1.29, 1.82) is 0 Å². The molecule has 1 aliphatic heterocycles. The molecule has 0 spiro atoms. The molecule has 2 heterocycles. The molecule has 2 rings (SSSR count). The maximum absolute atomic E-state index is 5.74. The highest BCUT2D eigenvalue weighted by Crippen LogP contribution is 2.21. The quantitative estimate of drug-likeness (QED) is 0.832. The summed E-state index contributed by atoms with van der Waals surface area (Å²) in [6.45, 7) is 5.52. The Morgan fingerprint density at radius 2 is 2.33 bits per heavy atom. The van der Waals surface area contributed by atoms with Crippen LogP contribution in [0.5, 0.6) is 0 Å². The van der Waals surface area contributed by atoms with Gasteiger partial charge in [-0.15, -0.1) is 11.3 Å². The van der Waals surface area contributed by atoms with Gasteiger partial charge in [-0.1, -0.05) is 0 Å². The Balaban J connectivity index is 1.99. The predicted molar refractivity (Wildman–Crippen MR) is 62.5 cm³/mol. The van der Waals surface area contributed by atoms with E-state index in [1.54, 1.807) is 11.3 Å². The first-order chi connectivity index (χ1) is 7.25. The van der Waals surface area contributed by atoms with Gasteiger partial charge in [0.15, 0.2) is 5.13 Å². The lowest BCUT2D eigenvalue weighted by Crippen LogP contribution is -2.36. The van der Waals surface area contributed by atoms with Crippen molar-refractivity contribution in [2.75, 3.05) is 31.2 Å². The third-order valence-electron chi connectivity index (χ3n) is 2.35. The average molecular weight is 227 g/mol. The van der Waals surface area contributed by atoms with Gasteiger partial charge in [0.1, 0.15) is 0 Å². The molecule has 1 aliphatic rings. The molecule has 1 unspecified atom stereocenters. The van der Waals surface area contributed by atoms with Gasteiger partial charge in [-0.2, -0.15) is 0 Å². The van der Waals surface area contributed by atoms with Gasteiger partial charge in [-0.05, 0) is 6.92 Å². The molecule has 1 atom stereocenters. The van der Waals surface area contributed by atoms with Crippen molar-refractivity contribution in [1.82, 2.24) is 4.98 Å². The van der Waals surface area contributed by atoms with Crippen molar-refractivity contribution >= 4 is 16.5 Å². The van der Waals surface area contributed by atoms with E-state index in [1.165, 1.54) is 0 Å². The molecule has 1 aromatic rings. The molecule has 0 aromatic carbocycles. The van der Waals surface area contributed by atoms with Crippen LogP contribution in [0.4, 0.5) is 5.13 Å². The van der Waals surface area contributed by atoms with E-state index in [0.717, 1.165) is 43.5 Å². The second kappa shape index (κ2) is 4.92. The van der Waals surface area contributed by atoms with Crippen molar-refractivity contribution in [3.8, 4) is 0 Å². The van der Waals surface area contributed by atoms with Crippen molar-refractivity contribution in [3.05, 3.63) is 11.1 Å². The number of ether oxygens (including phenoxy) is 1. The molecule has 1 aromatic heterocycles. The van der Waals surface area contributed by atoms with E-state index in [9.17, 15) is 0 Å². The summed E-state index contributed by atoms with van der Waals surface area (Å²) in [7, 11) is 0. The number of hydrogen-bond acceptors (Lipinski definition) is 5.